The van der Waals surface area contributed by atoms with Crippen molar-refractivity contribution in [3.05, 3.63) is 24.3 Å². The first-order chi connectivity index (χ1) is 12.6. The molecule has 1 aliphatic heterocycles. The minimum atomic E-state index is -0.729. The lowest BCUT2D eigenvalue weighted by atomic mass is 9.53. The summed E-state index contributed by atoms with van der Waals surface area (Å²) < 4.78 is 5.27. The molecule has 2 fully saturated rings. The van der Waals surface area contributed by atoms with Crippen LogP contribution in [0.2, 0.25) is 0 Å². The Balaban J connectivity index is 1.97. The lowest BCUT2D eigenvalue weighted by Crippen LogP contribution is -2.53. The molecule has 4 atom stereocenters. The Labute approximate surface area is 155 Å². The first-order valence-corrected chi connectivity index (χ1v) is 9.61. The lowest BCUT2D eigenvalue weighted by Gasteiger charge is -2.49. The van der Waals surface area contributed by atoms with Crippen molar-refractivity contribution < 1.29 is 14.3 Å². The predicted molar refractivity (Wildman–Crippen MR) is 98.0 cm³/mol. The summed E-state index contributed by atoms with van der Waals surface area (Å²) >= 11 is 0. The van der Waals surface area contributed by atoms with Crippen molar-refractivity contribution in [1.29, 1.82) is 5.26 Å². The van der Waals surface area contributed by atoms with E-state index in [0.717, 1.165) is 38.5 Å². The topological polar surface area (TPSA) is 70.4 Å². The number of ether oxygens (including phenoxy) is 1. The van der Waals surface area contributed by atoms with Gasteiger partial charge in [0.05, 0.1) is 18.7 Å². The van der Waals surface area contributed by atoms with E-state index in [4.69, 9.17) is 4.74 Å². The molecule has 3 aliphatic rings. The van der Waals surface area contributed by atoms with Crippen molar-refractivity contribution >= 4 is 11.7 Å². The van der Waals surface area contributed by atoms with Gasteiger partial charge in [0.1, 0.15) is 11.7 Å². The summed E-state index contributed by atoms with van der Waals surface area (Å²) in [4.78, 5) is 28.2. The van der Waals surface area contributed by atoms with Crippen LogP contribution in [-0.2, 0) is 14.3 Å². The SMILES string of the molecule is C=CC[C@]12CCC=C(C#N)[C@H]1C(C(=O)N1CCC[C@H]1COC)C(=O)CC2. The van der Waals surface area contributed by atoms with Gasteiger partial charge in [-0.15, -0.1) is 6.58 Å². The van der Waals surface area contributed by atoms with E-state index in [9.17, 15) is 14.9 Å². The van der Waals surface area contributed by atoms with Crippen LogP contribution in [0.4, 0.5) is 0 Å². The largest absolute Gasteiger partial charge is 0.383 e. The van der Waals surface area contributed by atoms with E-state index in [0.29, 0.717) is 25.1 Å². The smallest absolute Gasteiger partial charge is 0.234 e. The molecule has 2 aliphatic carbocycles. The van der Waals surface area contributed by atoms with Crippen LogP contribution in [0.25, 0.3) is 0 Å². The van der Waals surface area contributed by atoms with E-state index >= 15 is 0 Å². The number of amides is 1. The highest BCUT2D eigenvalue weighted by Gasteiger charge is 2.54. The molecule has 1 saturated heterocycles. The number of hydrogen-bond donors (Lipinski definition) is 0. The quantitative estimate of drug-likeness (QED) is 0.561. The molecule has 5 nitrogen and oxygen atoms in total. The molecule has 0 spiro atoms. The summed E-state index contributed by atoms with van der Waals surface area (Å²) in [6.07, 6.45) is 9.31. The number of hydrogen-bond acceptors (Lipinski definition) is 4. The van der Waals surface area contributed by atoms with Crippen molar-refractivity contribution in [2.45, 2.75) is 51.0 Å². The Hall–Kier alpha value is -1.93. The highest BCUT2D eigenvalue weighted by atomic mass is 16.5. The molecule has 0 aromatic rings. The van der Waals surface area contributed by atoms with Crippen molar-refractivity contribution in [2.24, 2.45) is 17.3 Å². The standard InChI is InChI=1S/C21H28N2O3/c1-3-9-21-10-4-6-15(13-22)19(21)18(17(24)8-11-21)20(25)23-12-5-7-16(23)14-26-2/h3,6,16,18-19H,1,4-5,7-12,14H2,2H3/t16-,18?,19-,21+/m0/s1. The van der Waals surface area contributed by atoms with Gasteiger partial charge in [0.25, 0.3) is 0 Å². The number of allylic oxidation sites excluding steroid dienone is 3. The molecule has 140 valence electrons. The van der Waals surface area contributed by atoms with Gasteiger partial charge in [-0.05, 0) is 43.9 Å². The summed E-state index contributed by atoms with van der Waals surface area (Å²) in [5.74, 6) is -1.15. The number of fused-ring (bicyclic) bond motifs is 1. The maximum atomic E-state index is 13.4. The molecule has 1 unspecified atom stereocenters. The second-order valence-corrected chi connectivity index (χ2v) is 7.87. The van der Waals surface area contributed by atoms with E-state index in [-0.39, 0.29) is 29.1 Å². The summed E-state index contributed by atoms with van der Waals surface area (Å²) in [5.41, 5.74) is 0.429. The zero-order valence-corrected chi connectivity index (χ0v) is 15.6. The number of rotatable bonds is 5. The summed E-state index contributed by atoms with van der Waals surface area (Å²) in [6.45, 7) is 5.06. The fraction of sp³-hybridized carbons (Fsp3) is 0.667. The van der Waals surface area contributed by atoms with E-state index in [1.165, 1.54) is 0 Å². The van der Waals surface area contributed by atoms with Crippen LogP contribution >= 0.6 is 0 Å². The number of nitrogens with zero attached hydrogens (tertiary/aromatic N) is 2. The first-order valence-electron chi connectivity index (χ1n) is 9.61. The predicted octanol–water partition coefficient (Wildman–Crippen LogP) is 3.03. The van der Waals surface area contributed by atoms with Crippen molar-refractivity contribution in [3.8, 4) is 6.07 Å². The molecule has 0 N–H and O–H groups in total. The van der Waals surface area contributed by atoms with Gasteiger partial charge in [0.2, 0.25) is 5.91 Å². The summed E-state index contributed by atoms with van der Waals surface area (Å²) in [6, 6.07) is 2.33. The molecule has 0 bridgehead atoms. The molecule has 1 saturated carbocycles. The molecule has 3 rings (SSSR count). The number of ketones is 1. The molecule has 1 heterocycles. The van der Waals surface area contributed by atoms with Crippen LogP contribution in [-0.4, -0.2) is 42.9 Å². The highest BCUT2D eigenvalue weighted by molar-refractivity contribution is 6.03. The summed E-state index contributed by atoms with van der Waals surface area (Å²) in [7, 11) is 1.64. The molecule has 1 amide bonds. The van der Waals surface area contributed by atoms with Crippen LogP contribution < -0.4 is 0 Å². The van der Waals surface area contributed by atoms with Crippen molar-refractivity contribution in [1.82, 2.24) is 4.90 Å². The van der Waals surface area contributed by atoms with Crippen LogP contribution in [0.3, 0.4) is 0 Å². The minimum Gasteiger partial charge on any atom is -0.383 e. The normalized spacial score (nSPS) is 34.0. The molecule has 5 heteroatoms. The third kappa shape index (κ3) is 3.12. The van der Waals surface area contributed by atoms with Gasteiger partial charge in [-0.1, -0.05) is 12.2 Å². The van der Waals surface area contributed by atoms with Gasteiger partial charge in [-0.2, -0.15) is 5.26 Å². The Kier molecular flexibility index (Phi) is 5.62. The van der Waals surface area contributed by atoms with Crippen molar-refractivity contribution in [3.63, 3.8) is 0 Å². The van der Waals surface area contributed by atoms with Gasteiger partial charge in [-0.25, -0.2) is 0 Å². The molecular formula is C21H28N2O3. The van der Waals surface area contributed by atoms with E-state index in [1.807, 2.05) is 17.1 Å². The fourth-order valence-electron chi connectivity index (χ4n) is 5.34. The van der Waals surface area contributed by atoms with Gasteiger partial charge in [0, 0.05) is 31.6 Å². The van der Waals surface area contributed by atoms with Gasteiger partial charge < -0.3 is 9.64 Å². The second-order valence-electron chi connectivity index (χ2n) is 7.87. The zero-order valence-electron chi connectivity index (χ0n) is 15.6. The average Bonchev–Trinajstić information content (AvgIpc) is 3.10. The zero-order chi connectivity index (χ0) is 18.7. The number of carbonyl (C=O) groups excluding carboxylic acids is 2. The second kappa shape index (κ2) is 7.75. The van der Waals surface area contributed by atoms with Crippen LogP contribution in [0.5, 0.6) is 0 Å². The van der Waals surface area contributed by atoms with Crippen LogP contribution in [0.15, 0.2) is 24.3 Å². The molecule has 0 aromatic carbocycles. The number of methoxy groups -OCH3 is 1. The summed E-state index contributed by atoms with van der Waals surface area (Å²) in [5, 5.41) is 9.70. The Morgan fingerprint density at radius 2 is 2.35 bits per heavy atom. The highest BCUT2D eigenvalue weighted by Crippen LogP contribution is 2.54. The van der Waals surface area contributed by atoms with Crippen LogP contribution in [0.1, 0.15) is 44.9 Å². The fourth-order valence-corrected chi connectivity index (χ4v) is 5.34. The molecule has 0 radical (unpaired) electrons. The first kappa shape index (κ1) is 18.8. The maximum absolute atomic E-state index is 13.4. The Morgan fingerprint density at radius 3 is 3.04 bits per heavy atom. The van der Waals surface area contributed by atoms with Crippen molar-refractivity contribution in [2.75, 3.05) is 20.3 Å². The monoisotopic (exact) mass is 356 g/mol. The number of likely N-dealkylation sites (tertiary alicyclic amines) is 1. The minimum absolute atomic E-state index is 0.00851. The van der Waals surface area contributed by atoms with Gasteiger partial charge >= 0.3 is 0 Å². The average molecular weight is 356 g/mol. The molecule has 26 heavy (non-hydrogen) atoms. The third-order valence-electron chi connectivity index (χ3n) is 6.52. The molecule has 0 aromatic heterocycles. The van der Waals surface area contributed by atoms with Gasteiger partial charge in [-0.3, -0.25) is 9.59 Å². The Morgan fingerprint density at radius 1 is 1.54 bits per heavy atom. The van der Waals surface area contributed by atoms with Crippen LogP contribution in [0, 0.1) is 28.6 Å². The maximum Gasteiger partial charge on any atom is 0.234 e. The number of carbonyl (C=O) groups is 2. The van der Waals surface area contributed by atoms with E-state index in [2.05, 4.69) is 12.6 Å². The van der Waals surface area contributed by atoms with Gasteiger partial charge in [0.15, 0.2) is 0 Å². The molecular weight excluding hydrogens is 328 g/mol. The van der Waals surface area contributed by atoms with E-state index < -0.39 is 5.92 Å². The Bertz CT molecular complexity index is 663. The third-order valence-corrected chi connectivity index (χ3v) is 6.52. The number of Topliss-reactive ketones (excluding diaryl/α,β-unsaturated/α-hetero) is 1. The lowest BCUT2D eigenvalue weighted by molar-refractivity contribution is -0.150. The number of nitriles is 1. The van der Waals surface area contributed by atoms with E-state index in [1.54, 1.807) is 7.11 Å².